The lowest BCUT2D eigenvalue weighted by molar-refractivity contribution is 0.236. The van der Waals surface area contributed by atoms with Crippen LogP contribution in [0.1, 0.15) is 59.5 Å². The van der Waals surface area contributed by atoms with Gasteiger partial charge in [-0.15, -0.1) is 11.3 Å². The highest BCUT2D eigenvalue weighted by atomic mass is 32.1. The molecule has 1 fully saturated rings. The highest BCUT2D eigenvalue weighted by Gasteiger charge is 2.39. The van der Waals surface area contributed by atoms with E-state index in [1.54, 1.807) is 0 Å². The minimum Gasteiger partial charge on any atom is -0.456 e. The van der Waals surface area contributed by atoms with E-state index in [-0.39, 0.29) is 18.0 Å². The van der Waals surface area contributed by atoms with Gasteiger partial charge >= 0.3 is 0 Å². The topological polar surface area (TPSA) is 30.1 Å². The molecule has 2 aliphatic heterocycles. The molecule has 4 unspecified atom stereocenters. The van der Waals surface area contributed by atoms with Crippen LogP contribution < -0.4 is 5.32 Å². The number of furan rings is 1. The second-order valence-corrected chi connectivity index (χ2v) is 19.0. The Kier molecular flexibility index (Phi) is 7.54. The molecule has 9 aromatic carbocycles. The van der Waals surface area contributed by atoms with Crippen molar-refractivity contribution in [3.63, 3.8) is 0 Å². The standard InChI is InChI=1S/C58H42N2OS/c1-2-12-36-29-39(25-24-35(36)11-1)40-17-9-19-49(43-18-10-22-56-57(43)44-16-6-8-21-55(44)62-56)59-58-47(40)27-34-23-26-41-45-30-37-13-3-4-14-38(37)31-51(45)60(50(41)28-34)52-32-46-42-15-5-7-20-53(42)61-54(46)33-48(52)58/h1-8,10-16,18,20-26,28-33,40,47,49,58-59H,9,17,19,27H2. The van der Waals surface area contributed by atoms with Crippen molar-refractivity contribution in [2.45, 2.75) is 43.7 Å². The third-order valence-electron chi connectivity index (χ3n) is 14.6. The normalized spacial score (nSPS) is 19.3. The molecule has 0 saturated carbocycles. The molecule has 4 atom stereocenters. The zero-order chi connectivity index (χ0) is 40.5. The third kappa shape index (κ3) is 5.20. The minimum atomic E-state index is -0.00764. The van der Waals surface area contributed by atoms with Crippen LogP contribution in [0.2, 0.25) is 0 Å². The summed E-state index contributed by atoms with van der Waals surface area (Å²) in [6.45, 7) is 0. The third-order valence-corrected chi connectivity index (χ3v) is 15.8. The molecule has 1 N–H and O–H groups in total. The number of aromatic nitrogens is 1. The van der Waals surface area contributed by atoms with Crippen LogP contribution in [0.5, 0.6) is 0 Å². The summed E-state index contributed by atoms with van der Waals surface area (Å²) in [6, 6.07) is 66.8. The molecule has 5 heterocycles. The summed E-state index contributed by atoms with van der Waals surface area (Å²) in [5, 5.41) is 17.4. The maximum atomic E-state index is 6.83. The molecule has 3 aromatic heterocycles. The Morgan fingerprint density at radius 2 is 1.27 bits per heavy atom. The zero-order valence-electron chi connectivity index (χ0n) is 34.1. The molecule has 0 amide bonds. The Morgan fingerprint density at radius 3 is 2.18 bits per heavy atom. The summed E-state index contributed by atoms with van der Waals surface area (Å²) in [4.78, 5) is 0. The number of rotatable bonds is 2. The van der Waals surface area contributed by atoms with Gasteiger partial charge in [0.1, 0.15) is 11.2 Å². The first kappa shape index (κ1) is 34.9. The highest BCUT2D eigenvalue weighted by molar-refractivity contribution is 7.25. The van der Waals surface area contributed by atoms with E-state index >= 15 is 0 Å². The fourth-order valence-corrected chi connectivity index (χ4v) is 12.9. The molecule has 0 aliphatic carbocycles. The van der Waals surface area contributed by atoms with E-state index in [4.69, 9.17) is 4.42 Å². The number of nitrogens with zero attached hydrogens (tertiary/aromatic N) is 1. The van der Waals surface area contributed by atoms with Crippen molar-refractivity contribution in [3.05, 3.63) is 198 Å². The molecular formula is C58H42N2OS. The average molecular weight is 815 g/mol. The molecular weight excluding hydrogens is 773 g/mol. The Morgan fingerprint density at radius 1 is 0.516 bits per heavy atom. The van der Waals surface area contributed by atoms with Crippen LogP contribution in [0.4, 0.5) is 0 Å². The van der Waals surface area contributed by atoms with Crippen LogP contribution in [-0.2, 0) is 6.42 Å². The monoisotopic (exact) mass is 814 g/mol. The van der Waals surface area contributed by atoms with Crippen molar-refractivity contribution in [2.24, 2.45) is 5.92 Å². The van der Waals surface area contributed by atoms with Gasteiger partial charge in [0.2, 0.25) is 0 Å². The van der Waals surface area contributed by atoms with Gasteiger partial charge in [0.25, 0.3) is 0 Å². The second-order valence-electron chi connectivity index (χ2n) is 17.9. The van der Waals surface area contributed by atoms with Gasteiger partial charge in [-0.1, -0.05) is 134 Å². The minimum absolute atomic E-state index is 0.00764. The molecule has 0 radical (unpaired) electrons. The summed E-state index contributed by atoms with van der Waals surface area (Å²) < 4.78 is 12.2. The summed E-state index contributed by atoms with van der Waals surface area (Å²) in [7, 11) is 0. The average Bonchev–Trinajstić information content (AvgIpc) is 3.98. The van der Waals surface area contributed by atoms with Gasteiger partial charge in [-0.2, -0.15) is 0 Å². The molecule has 2 bridgehead atoms. The fourth-order valence-electron chi connectivity index (χ4n) is 11.8. The van der Waals surface area contributed by atoms with Gasteiger partial charge in [0.15, 0.2) is 0 Å². The smallest absolute Gasteiger partial charge is 0.135 e. The maximum absolute atomic E-state index is 6.83. The zero-order valence-corrected chi connectivity index (χ0v) is 35.0. The molecule has 1 saturated heterocycles. The number of fused-ring (bicyclic) bond motifs is 16. The Hall–Kier alpha value is -6.72. The second kappa shape index (κ2) is 13.4. The summed E-state index contributed by atoms with van der Waals surface area (Å²) in [5.41, 5.74) is 11.2. The first-order valence-electron chi connectivity index (χ1n) is 22.3. The van der Waals surface area contributed by atoms with Crippen molar-refractivity contribution in [3.8, 4) is 5.69 Å². The number of thiophene rings is 1. The Balaban J connectivity index is 1.08. The van der Waals surface area contributed by atoms with Gasteiger partial charge < -0.3 is 14.3 Å². The van der Waals surface area contributed by atoms with Crippen LogP contribution >= 0.6 is 11.3 Å². The number of nitrogens with one attached hydrogen (secondary N) is 1. The van der Waals surface area contributed by atoms with Gasteiger partial charge in [0, 0.05) is 53.8 Å². The summed E-state index contributed by atoms with van der Waals surface area (Å²) in [5.74, 6) is 0.566. The molecule has 3 nitrogen and oxygen atoms in total. The van der Waals surface area contributed by atoms with E-state index in [0.717, 1.165) is 47.6 Å². The first-order chi connectivity index (χ1) is 30.7. The summed E-state index contributed by atoms with van der Waals surface area (Å²) >= 11 is 1.92. The van der Waals surface area contributed by atoms with Crippen molar-refractivity contribution in [1.82, 2.24) is 9.88 Å². The number of hydrogen-bond acceptors (Lipinski definition) is 3. The molecule has 0 spiro atoms. The highest BCUT2D eigenvalue weighted by Crippen LogP contribution is 2.50. The summed E-state index contributed by atoms with van der Waals surface area (Å²) in [6.07, 6.45) is 4.24. The predicted molar refractivity (Wildman–Crippen MR) is 261 cm³/mol. The van der Waals surface area contributed by atoms with E-state index < -0.39 is 0 Å². The number of hydrogen-bond donors (Lipinski definition) is 1. The van der Waals surface area contributed by atoms with E-state index in [1.165, 1.54) is 91.5 Å². The van der Waals surface area contributed by atoms with Crippen molar-refractivity contribution in [2.75, 3.05) is 0 Å². The molecule has 296 valence electrons. The predicted octanol–water partition coefficient (Wildman–Crippen LogP) is 15.9. The maximum Gasteiger partial charge on any atom is 0.135 e. The van der Waals surface area contributed by atoms with Crippen LogP contribution in [0.25, 0.3) is 91.1 Å². The number of benzene rings is 9. The lowest BCUT2D eigenvalue weighted by Gasteiger charge is -2.41. The van der Waals surface area contributed by atoms with E-state index in [1.807, 2.05) is 11.3 Å². The van der Waals surface area contributed by atoms with Crippen LogP contribution in [0.3, 0.4) is 0 Å². The van der Waals surface area contributed by atoms with E-state index in [2.05, 4.69) is 186 Å². The molecule has 4 heteroatoms. The number of para-hydroxylation sites is 1. The van der Waals surface area contributed by atoms with Gasteiger partial charge in [-0.25, -0.2) is 0 Å². The van der Waals surface area contributed by atoms with Gasteiger partial charge in [-0.05, 0) is 123 Å². The molecule has 62 heavy (non-hydrogen) atoms. The van der Waals surface area contributed by atoms with Crippen LogP contribution in [0.15, 0.2) is 180 Å². The Bertz CT molecular complexity index is 3790. The van der Waals surface area contributed by atoms with Crippen LogP contribution in [0, 0.1) is 5.92 Å². The molecule has 14 rings (SSSR count). The van der Waals surface area contributed by atoms with E-state index in [9.17, 15) is 0 Å². The van der Waals surface area contributed by atoms with Gasteiger partial charge in [-0.3, -0.25) is 0 Å². The lowest BCUT2D eigenvalue weighted by atomic mass is 9.71. The SMILES string of the molecule is c1ccc2cc(C3CCCC(c4cccc5sc6ccccc6c45)NC4c5cc6oc7ccccc7c6cc5-n5c6cc(ccc6c6cc7ccccc7cc65)CC34)ccc2c1. The lowest BCUT2D eigenvalue weighted by Crippen LogP contribution is -2.38. The van der Waals surface area contributed by atoms with E-state index in [0.29, 0.717) is 5.92 Å². The Labute approximate surface area is 362 Å². The quantitative estimate of drug-likeness (QED) is 0.188. The molecule has 2 aliphatic rings. The fraction of sp³-hybridized carbons (Fsp3) is 0.138. The van der Waals surface area contributed by atoms with Crippen LogP contribution in [-0.4, -0.2) is 4.57 Å². The molecule has 12 aromatic rings. The first-order valence-corrected chi connectivity index (χ1v) is 23.1. The van der Waals surface area contributed by atoms with Crippen molar-refractivity contribution in [1.29, 1.82) is 0 Å². The van der Waals surface area contributed by atoms with Gasteiger partial charge in [0.05, 0.1) is 16.7 Å². The van der Waals surface area contributed by atoms with Crippen molar-refractivity contribution < 1.29 is 4.42 Å². The van der Waals surface area contributed by atoms with Crippen molar-refractivity contribution >= 4 is 96.8 Å². The largest absolute Gasteiger partial charge is 0.456 e.